The van der Waals surface area contributed by atoms with Crippen molar-refractivity contribution < 1.29 is 9.53 Å². The van der Waals surface area contributed by atoms with E-state index in [0.717, 1.165) is 16.6 Å². The normalized spacial score (nSPS) is 16.6. The van der Waals surface area contributed by atoms with Crippen molar-refractivity contribution in [2.75, 3.05) is 6.54 Å². The zero-order valence-electron chi connectivity index (χ0n) is 12.1. The summed E-state index contributed by atoms with van der Waals surface area (Å²) in [5.74, 6) is 2.06. The number of para-hydroxylation sites is 1. The van der Waals surface area contributed by atoms with Gasteiger partial charge in [-0.25, -0.2) is 0 Å². The maximum absolute atomic E-state index is 12.0. The minimum Gasteiger partial charge on any atom is -0.458 e. The predicted octanol–water partition coefficient (Wildman–Crippen LogP) is 3.99. The highest BCUT2D eigenvalue weighted by Crippen LogP contribution is 2.28. The van der Waals surface area contributed by atoms with Gasteiger partial charge in [0.2, 0.25) is 0 Å². The first-order valence-corrected chi connectivity index (χ1v) is 7.70. The summed E-state index contributed by atoms with van der Waals surface area (Å²) in [6.45, 7) is 6.98. The Morgan fingerprint density at radius 3 is 2.65 bits per heavy atom. The molecule has 1 heterocycles. The molecule has 1 aliphatic heterocycles. The molecule has 0 fully saturated rings. The van der Waals surface area contributed by atoms with Crippen LogP contribution in [-0.4, -0.2) is 23.4 Å². The fraction of sp³-hybridized carbons (Fsp3) is 0.438. The molecule has 2 rings (SSSR count). The molecular formula is C16H20BrNO2. The SMILES string of the molecule is CC(C)C[C@H](C)N1CC(Oc2ccccc2Br)=CC1=O. The number of halogens is 1. The molecule has 0 saturated carbocycles. The molecule has 0 radical (unpaired) electrons. The highest BCUT2D eigenvalue weighted by Gasteiger charge is 2.27. The van der Waals surface area contributed by atoms with Crippen molar-refractivity contribution in [2.45, 2.75) is 33.2 Å². The molecule has 1 aliphatic rings. The van der Waals surface area contributed by atoms with E-state index in [1.165, 1.54) is 0 Å². The molecule has 3 nitrogen and oxygen atoms in total. The smallest absolute Gasteiger partial charge is 0.250 e. The van der Waals surface area contributed by atoms with Gasteiger partial charge in [-0.15, -0.1) is 0 Å². The number of amides is 1. The van der Waals surface area contributed by atoms with Gasteiger partial charge in [0, 0.05) is 12.1 Å². The topological polar surface area (TPSA) is 29.5 Å². The van der Waals surface area contributed by atoms with Crippen LogP contribution < -0.4 is 4.74 Å². The number of ether oxygens (including phenoxy) is 1. The first-order chi connectivity index (χ1) is 9.47. The minimum absolute atomic E-state index is 0.0419. The summed E-state index contributed by atoms with van der Waals surface area (Å²) in [5.41, 5.74) is 0. The van der Waals surface area contributed by atoms with Crippen molar-refractivity contribution in [2.24, 2.45) is 5.92 Å². The van der Waals surface area contributed by atoms with E-state index in [0.29, 0.717) is 18.2 Å². The Labute approximate surface area is 128 Å². The second-order valence-electron chi connectivity index (χ2n) is 5.59. The monoisotopic (exact) mass is 337 g/mol. The number of nitrogens with zero attached hydrogens (tertiary/aromatic N) is 1. The number of carbonyl (C=O) groups excluding carboxylic acids is 1. The molecule has 0 spiro atoms. The number of carbonyl (C=O) groups is 1. The van der Waals surface area contributed by atoms with E-state index in [2.05, 4.69) is 36.7 Å². The van der Waals surface area contributed by atoms with Crippen LogP contribution in [0.15, 0.2) is 40.6 Å². The van der Waals surface area contributed by atoms with Crippen molar-refractivity contribution in [3.63, 3.8) is 0 Å². The lowest BCUT2D eigenvalue weighted by atomic mass is 10.0. The molecule has 1 aromatic carbocycles. The van der Waals surface area contributed by atoms with Gasteiger partial charge in [0.1, 0.15) is 11.5 Å². The molecule has 0 aliphatic carbocycles. The van der Waals surface area contributed by atoms with E-state index in [9.17, 15) is 4.79 Å². The van der Waals surface area contributed by atoms with E-state index < -0.39 is 0 Å². The molecule has 0 aromatic heterocycles. The van der Waals surface area contributed by atoms with Crippen LogP contribution in [0.2, 0.25) is 0 Å². The van der Waals surface area contributed by atoms with Crippen molar-refractivity contribution in [1.82, 2.24) is 4.90 Å². The van der Waals surface area contributed by atoms with Crippen LogP contribution in [0.3, 0.4) is 0 Å². The van der Waals surface area contributed by atoms with Gasteiger partial charge >= 0.3 is 0 Å². The average Bonchev–Trinajstić information content (AvgIpc) is 2.72. The first kappa shape index (κ1) is 15.1. The van der Waals surface area contributed by atoms with E-state index in [1.54, 1.807) is 6.08 Å². The molecule has 0 saturated heterocycles. The molecule has 0 unspecified atom stereocenters. The van der Waals surface area contributed by atoms with Gasteiger partial charge in [-0.3, -0.25) is 4.79 Å². The summed E-state index contributed by atoms with van der Waals surface area (Å²) in [4.78, 5) is 13.9. The van der Waals surface area contributed by atoms with Crippen LogP contribution in [0.1, 0.15) is 27.2 Å². The molecular weight excluding hydrogens is 318 g/mol. The van der Waals surface area contributed by atoms with E-state index in [4.69, 9.17) is 4.74 Å². The zero-order chi connectivity index (χ0) is 14.7. The van der Waals surface area contributed by atoms with Crippen LogP contribution in [0, 0.1) is 5.92 Å². The zero-order valence-corrected chi connectivity index (χ0v) is 13.7. The molecule has 1 amide bonds. The van der Waals surface area contributed by atoms with Gasteiger partial charge in [0.25, 0.3) is 5.91 Å². The number of hydrogen-bond acceptors (Lipinski definition) is 2. The fourth-order valence-electron chi connectivity index (χ4n) is 2.43. The van der Waals surface area contributed by atoms with Gasteiger partial charge < -0.3 is 9.64 Å². The Morgan fingerprint density at radius 2 is 2.00 bits per heavy atom. The van der Waals surface area contributed by atoms with Gasteiger partial charge in [0.05, 0.1) is 11.0 Å². The summed E-state index contributed by atoms with van der Waals surface area (Å²) in [7, 11) is 0. The lowest BCUT2D eigenvalue weighted by molar-refractivity contribution is -0.126. The third kappa shape index (κ3) is 3.63. The lowest BCUT2D eigenvalue weighted by Crippen LogP contribution is -2.36. The van der Waals surface area contributed by atoms with E-state index in [-0.39, 0.29) is 11.9 Å². The highest BCUT2D eigenvalue weighted by atomic mass is 79.9. The third-order valence-electron chi connectivity index (χ3n) is 3.32. The summed E-state index contributed by atoms with van der Waals surface area (Å²) in [6, 6.07) is 7.89. The largest absolute Gasteiger partial charge is 0.458 e. The molecule has 0 bridgehead atoms. The van der Waals surface area contributed by atoms with Crippen LogP contribution in [0.5, 0.6) is 5.75 Å². The van der Waals surface area contributed by atoms with Crippen molar-refractivity contribution in [3.05, 3.63) is 40.6 Å². The fourth-order valence-corrected chi connectivity index (χ4v) is 2.79. The maximum Gasteiger partial charge on any atom is 0.250 e. The second kappa shape index (κ2) is 6.44. The summed E-state index contributed by atoms with van der Waals surface area (Å²) >= 11 is 3.44. The highest BCUT2D eigenvalue weighted by molar-refractivity contribution is 9.10. The first-order valence-electron chi connectivity index (χ1n) is 6.91. The Bertz CT molecular complexity index is 525. The van der Waals surface area contributed by atoms with Gasteiger partial charge in [-0.2, -0.15) is 0 Å². The second-order valence-corrected chi connectivity index (χ2v) is 6.44. The van der Waals surface area contributed by atoms with Crippen LogP contribution >= 0.6 is 15.9 Å². The molecule has 20 heavy (non-hydrogen) atoms. The Hall–Kier alpha value is -1.29. The molecule has 0 N–H and O–H groups in total. The van der Waals surface area contributed by atoms with Crippen molar-refractivity contribution >= 4 is 21.8 Å². The van der Waals surface area contributed by atoms with Gasteiger partial charge in [-0.05, 0) is 47.3 Å². The molecule has 108 valence electrons. The van der Waals surface area contributed by atoms with Gasteiger partial charge in [0.15, 0.2) is 0 Å². The standard InChI is InChI=1S/C16H20BrNO2/c1-11(2)8-12(3)18-10-13(9-16(18)19)20-15-7-5-4-6-14(15)17/h4-7,9,11-12H,8,10H2,1-3H3/t12-/m0/s1. The molecule has 4 heteroatoms. The predicted molar refractivity (Wildman–Crippen MR) is 83.5 cm³/mol. The minimum atomic E-state index is 0.0419. The number of benzene rings is 1. The van der Waals surface area contributed by atoms with Crippen LogP contribution in [0.4, 0.5) is 0 Å². The Balaban J connectivity index is 2.01. The quantitative estimate of drug-likeness (QED) is 0.812. The Kier molecular flexibility index (Phi) is 4.86. The number of rotatable bonds is 5. The van der Waals surface area contributed by atoms with E-state index in [1.807, 2.05) is 29.2 Å². The summed E-state index contributed by atoms with van der Waals surface area (Å²) in [5, 5.41) is 0. The summed E-state index contributed by atoms with van der Waals surface area (Å²) < 4.78 is 6.70. The average molecular weight is 338 g/mol. The van der Waals surface area contributed by atoms with Crippen LogP contribution in [0.25, 0.3) is 0 Å². The Morgan fingerprint density at radius 1 is 1.30 bits per heavy atom. The molecule has 1 atom stereocenters. The van der Waals surface area contributed by atoms with Crippen LogP contribution in [-0.2, 0) is 4.79 Å². The van der Waals surface area contributed by atoms with Crippen molar-refractivity contribution in [3.8, 4) is 5.75 Å². The summed E-state index contributed by atoms with van der Waals surface area (Å²) in [6.07, 6.45) is 2.60. The van der Waals surface area contributed by atoms with E-state index >= 15 is 0 Å². The maximum atomic E-state index is 12.0. The number of hydrogen-bond donors (Lipinski definition) is 0. The van der Waals surface area contributed by atoms with Gasteiger partial charge in [-0.1, -0.05) is 26.0 Å². The van der Waals surface area contributed by atoms with Crippen molar-refractivity contribution in [1.29, 1.82) is 0 Å². The lowest BCUT2D eigenvalue weighted by Gasteiger charge is -2.26. The molecule has 1 aromatic rings. The third-order valence-corrected chi connectivity index (χ3v) is 3.97.